The fourth-order valence-electron chi connectivity index (χ4n) is 3.63. The molecule has 10 heteroatoms. The molecule has 0 bridgehead atoms. The van der Waals surface area contributed by atoms with Gasteiger partial charge in [-0.2, -0.15) is 13.2 Å². The van der Waals surface area contributed by atoms with E-state index in [-0.39, 0.29) is 18.3 Å². The average Bonchev–Trinajstić information content (AvgIpc) is 3.27. The maximum absolute atomic E-state index is 13.9. The molecule has 0 aliphatic carbocycles. The third-order valence-corrected chi connectivity index (χ3v) is 5.25. The van der Waals surface area contributed by atoms with Gasteiger partial charge in [0.2, 0.25) is 12.8 Å². The van der Waals surface area contributed by atoms with Crippen molar-refractivity contribution >= 4 is 11.6 Å². The molecule has 2 heterocycles. The first-order chi connectivity index (χ1) is 16.3. The van der Waals surface area contributed by atoms with Crippen molar-refractivity contribution in [2.75, 3.05) is 12.1 Å². The number of nitrogens with zero attached hydrogens (tertiary/aromatic N) is 1. The monoisotopic (exact) mass is 468 g/mol. The van der Waals surface area contributed by atoms with E-state index in [4.69, 9.17) is 19.9 Å². The molecule has 174 valence electrons. The maximum atomic E-state index is 13.9. The molecule has 0 amide bonds. The van der Waals surface area contributed by atoms with Crippen LogP contribution in [0.4, 0.5) is 18.9 Å². The van der Waals surface area contributed by atoms with Crippen molar-refractivity contribution in [2.45, 2.75) is 11.8 Å². The summed E-state index contributed by atoms with van der Waals surface area (Å²) in [7, 11) is 0. The van der Waals surface area contributed by atoms with E-state index in [2.05, 4.69) is 15.6 Å². The zero-order valence-corrected chi connectivity index (χ0v) is 17.6. The summed E-state index contributed by atoms with van der Waals surface area (Å²) >= 11 is 0. The van der Waals surface area contributed by atoms with Crippen LogP contribution in [0.1, 0.15) is 5.56 Å². The number of alkyl halides is 3. The van der Waals surface area contributed by atoms with Crippen LogP contribution in [-0.2, 0) is 5.66 Å². The van der Waals surface area contributed by atoms with Gasteiger partial charge in [-0.25, -0.2) is 4.99 Å². The Bertz CT molecular complexity index is 1280. The summed E-state index contributed by atoms with van der Waals surface area (Å²) in [6.45, 7) is -0.0165. The van der Waals surface area contributed by atoms with E-state index in [1.807, 2.05) is 30.3 Å². The summed E-state index contributed by atoms with van der Waals surface area (Å²) < 4.78 is 57.9. The lowest BCUT2D eigenvalue weighted by molar-refractivity contribution is -0.102. The molecule has 3 aromatic carbocycles. The minimum absolute atomic E-state index is 0.0165. The topological polar surface area (TPSA) is 90.1 Å². The van der Waals surface area contributed by atoms with Crippen molar-refractivity contribution in [3.8, 4) is 23.0 Å². The number of guanidine groups is 1. The number of fused-ring (bicyclic) bond motifs is 1. The lowest BCUT2D eigenvalue weighted by atomic mass is 9.91. The normalized spacial score (nSPS) is 19.1. The Kier molecular flexibility index (Phi) is 5.29. The van der Waals surface area contributed by atoms with Gasteiger partial charge in [0.1, 0.15) is 11.5 Å². The van der Waals surface area contributed by atoms with Crippen LogP contribution in [0.15, 0.2) is 89.6 Å². The second-order valence-corrected chi connectivity index (χ2v) is 7.56. The average molecular weight is 468 g/mol. The molecule has 1 atom stereocenters. The summed E-state index contributed by atoms with van der Waals surface area (Å²) in [4.78, 5) is 4.21. The zero-order valence-electron chi connectivity index (χ0n) is 17.6. The molecule has 0 fully saturated rings. The van der Waals surface area contributed by atoms with Crippen LogP contribution in [0.2, 0.25) is 0 Å². The van der Waals surface area contributed by atoms with E-state index in [0.717, 1.165) is 6.20 Å². The molecular formula is C24H19F3N4O3. The Balaban J connectivity index is 1.45. The highest BCUT2D eigenvalue weighted by Gasteiger charge is 2.49. The molecule has 2 aliphatic heterocycles. The lowest BCUT2D eigenvalue weighted by Crippen LogP contribution is -2.49. The quantitative estimate of drug-likeness (QED) is 0.508. The van der Waals surface area contributed by atoms with Crippen LogP contribution >= 0.6 is 0 Å². The van der Waals surface area contributed by atoms with Crippen LogP contribution in [0.25, 0.3) is 0 Å². The highest BCUT2D eigenvalue weighted by molar-refractivity contribution is 5.95. The number of para-hydroxylation sites is 1. The fourth-order valence-corrected chi connectivity index (χ4v) is 3.63. The molecule has 0 aromatic heterocycles. The van der Waals surface area contributed by atoms with Crippen LogP contribution < -0.4 is 30.6 Å². The number of rotatable bonds is 4. The molecule has 3 aromatic rings. The SMILES string of the molecule is NC1(c2ccc3c(c2)OCO3)N=C(Nc2cccc(Oc3ccccc3)c2)NC=C1C(F)(F)F. The Hall–Kier alpha value is -4.18. The van der Waals surface area contributed by atoms with Crippen LogP contribution in [0.3, 0.4) is 0 Å². The van der Waals surface area contributed by atoms with Crippen molar-refractivity contribution in [1.29, 1.82) is 0 Å². The minimum atomic E-state index is -4.73. The van der Waals surface area contributed by atoms with Gasteiger partial charge in [0.25, 0.3) is 0 Å². The molecule has 5 rings (SSSR count). The molecule has 0 spiro atoms. The van der Waals surface area contributed by atoms with Gasteiger partial charge in [-0.15, -0.1) is 0 Å². The van der Waals surface area contributed by atoms with E-state index >= 15 is 0 Å². The summed E-state index contributed by atoms with van der Waals surface area (Å²) in [6, 6.07) is 20.5. The van der Waals surface area contributed by atoms with Crippen molar-refractivity contribution in [2.24, 2.45) is 10.7 Å². The summed E-state index contributed by atoms with van der Waals surface area (Å²) in [5.41, 5.74) is 3.67. The van der Waals surface area contributed by atoms with E-state index < -0.39 is 17.4 Å². The maximum Gasteiger partial charge on any atom is 0.418 e. The van der Waals surface area contributed by atoms with Gasteiger partial charge in [0.05, 0.1) is 5.57 Å². The van der Waals surface area contributed by atoms with E-state index in [1.54, 1.807) is 24.3 Å². The smallest absolute Gasteiger partial charge is 0.418 e. The molecule has 7 nitrogen and oxygen atoms in total. The number of benzene rings is 3. The van der Waals surface area contributed by atoms with Crippen LogP contribution in [0, 0.1) is 0 Å². The largest absolute Gasteiger partial charge is 0.457 e. The third kappa shape index (κ3) is 4.23. The number of ether oxygens (including phenoxy) is 3. The molecule has 0 saturated heterocycles. The standard InChI is InChI=1S/C24H19F3N4O3/c25-24(26,27)21-13-29-22(31-23(21,28)15-9-10-19-20(11-15)33-14-32-19)30-16-5-4-8-18(12-16)34-17-6-2-1-3-7-17/h1-13H,14,28H2,(H2,29,30,31). The Morgan fingerprint density at radius 2 is 1.71 bits per heavy atom. The van der Waals surface area contributed by atoms with Gasteiger partial charge in [0, 0.05) is 23.5 Å². The van der Waals surface area contributed by atoms with Crippen molar-refractivity contribution in [3.63, 3.8) is 0 Å². The fraction of sp³-hybridized carbons (Fsp3) is 0.125. The number of hydrogen-bond donors (Lipinski definition) is 3. The molecule has 0 saturated carbocycles. The number of aliphatic imine (C=N–C) groups is 1. The van der Waals surface area contributed by atoms with E-state index in [1.165, 1.54) is 18.2 Å². The van der Waals surface area contributed by atoms with Gasteiger partial charge in [-0.05, 0) is 36.4 Å². The van der Waals surface area contributed by atoms with Crippen molar-refractivity contribution in [3.05, 3.63) is 90.1 Å². The lowest BCUT2D eigenvalue weighted by Gasteiger charge is -2.34. The second kappa shape index (κ2) is 8.31. The van der Waals surface area contributed by atoms with Crippen LogP contribution in [-0.4, -0.2) is 18.9 Å². The second-order valence-electron chi connectivity index (χ2n) is 7.56. The third-order valence-electron chi connectivity index (χ3n) is 5.25. The highest BCUT2D eigenvalue weighted by Crippen LogP contribution is 2.43. The molecule has 1 unspecified atom stereocenters. The minimum Gasteiger partial charge on any atom is -0.457 e. The van der Waals surface area contributed by atoms with E-state index in [0.29, 0.717) is 28.7 Å². The van der Waals surface area contributed by atoms with Gasteiger partial charge in [0.15, 0.2) is 17.2 Å². The van der Waals surface area contributed by atoms with Crippen molar-refractivity contribution < 1.29 is 27.4 Å². The van der Waals surface area contributed by atoms with Gasteiger partial charge < -0.3 is 24.8 Å². The first kappa shape index (κ1) is 21.7. The van der Waals surface area contributed by atoms with Gasteiger partial charge >= 0.3 is 6.18 Å². The molecule has 34 heavy (non-hydrogen) atoms. The molecule has 0 radical (unpaired) electrons. The first-order valence-corrected chi connectivity index (χ1v) is 10.2. The van der Waals surface area contributed by atoms with Crippen molar-refractivity contribution in [1.82, 2.24) is 5.32 Å². The summed E-state index contributed by atoms with van der Waals surface area (Å²) in [5, 5.41) is 5.52. The number of halogens is 3. The Labute approximate surface area is 192 Å². The van der Waals surface area contributed by atoms with Gasteiger partial charge in [-0.3, -0.25) is 5.73 Å². The summed E-state index contributed by atoms with van der Waals surface area (Å²) in [6.07, 6.45) is -3.92. The Morgan fingerprint density at radius 3 is 2.50 bits per heavy atom. The molecular weight excluding hydrogens is 449 g/mol. The predicted octanol–water partition coefficient (Wildman–Crippen LogP) is 4.84. The van der Waals surface area contributed by atoms with E-state index in [9.17, 15) is 13.2 Å². The molecule has 4 N–H and O–H groups in total. The van der Waals surface area contributed by atoms with Gasteiger partial charge in [-0.1, -0.05) is 30.3 Å². The Morgan fingerprint density at radius 1 is 0.941 bits per heavy atom. The summed E-state index contributed by atoms with van der Waals surface area (Å²) in [5.74, 6) is 1.95. The zero-order chi connectivity index (χ0) is 23.8. The highest BCUT2D eigenvalue weighted by atomic mass is 19.4. The molecule has 2 aliphatic rings. The predicted molar refractivity (Wildman–Crippen MR) is 120 cm³/mol. The number of anilines is 1. The van der Waals surface area contributed by atoms with Crippen LogP contribution in [0.5, 0.6) is 23.0 Å². The number of nitrogens with one attached hydrogen (secondary N) is 2. The first-order valence-electron chi connectivity index (χ1n) is 10.2. The number of nitrogens with two attached hydrogens (primary N) is 1. The number of hydrogen-bond acceptors (Lipinski definition) is 7.